The highest BCUT2D eigenvalue weighted by Gasteiger charge is 2.15. The van der Waals surface area contributed by atoms with Gasteiger partial charge in [-0.25, -0.2) is 0 Å². The van der Waals surface area contributed by atoms with Crippen molar-refractivity contribution < 1.29 is 9.21 Å². The van der Waals surface area contributed by atoms with E-state index in [0.29, 0.717) is 17.1 Å². The third kappa shape index (κ3) is 2.20. The highest BCUT2D eigenvalue weighted by atomic mass is 32.1. The summed E-state index contributed by atoms with van der Waals surface area (Å²) in [6.45, 7) is 0.434. The summed E-state index contributed by atoms with van der Waals surface area (Å²) in [5.74, 6) is -0.153. The Kier molecular flexibility index (Phi) is 2.97. The Bertz CT molecular complexity index is 716. The minimum atomic E-state index is -0.153. The summed E-state index contributed by atoms with van der Waals surface area (Å²) in [7, 11) is 0. The predicted molar refractivity (Wildman–Crippen MR) is 76.1 cm³/mol. The van der Waals surface area contributed by atoms with Gasteiger partial charge >= 0.3 is 0 Å². The first-order valence-electron chi connectivity index (χ1n) is 5.82. The summed E-state index contributed by atoms with van der Waals surface area (Å²) in [5, 5.41) is 3.77. The van der Waals surface area contributed by atoms with E-state index < -0.39 is 0 Å². The van der Waals surface area contributed by atoms with Gasteiger partial charge in [-0.05, 0) is 12.1 Å². The van der Waals surface area contributed by atoms with E-state index in [0.717, 1.165) is 15.6 Å². The van der Waals surface area contributed by atoms with Crippen molar-refractivity contribution >= 4 is 33.0 Å². The molecule has 0 aliphatic heterocycles. The fourth-order valence-corrected chi connectivity index (χ4v) is 2.93. The van der Waals surface area contributed by atoms with Crippen molar-refractivity contribution in [3.05, 3.63) is 53.3 Å². The Morgan fingerprint density at radius 1 is 1.32 bits per heavy atom. The number of rotatable bonds is 3. The highest BCUT2D eigenvalue weighted by molar-refractivity contribution is 7.21. The molecule has 1 aromatic carbocycles. The summed E-state index contributed by atoms with van der Waals surface area (Å²) < 4.78 is 5.97. The van der Waals surface area contributed by atoms with E-state index in [1.807, 2.05) is 30.3 Å². The average Bonchev–Trinajstić information content (AvgIpc) is 3.05. The zero-order valence-corrected chi connectivity index (χ0v) is 10.9. The summed E-state index contributed by atoms with van der Waals surface area (Å²) >= 11 is 1.41. The third-order valence-corrected chi connectivity index (χ3v) is 4.06. The molecule has 2 heterocycles. The predicted octanol–water partition coefficient (Wildman–Crippen LogP) is 3.01. The van der Waals surface area contributed by atoms with Crippen LogP contribution in [-0.4, -0.2) is 5.91 Å². The number of fused-ring (bicyclic) bond motifs is 1. The molecule has 5 heteroatoms. The monoisotopic (exact) mass is 272 g/mol. The zero-order valence-electron chi connectivity index (χ0n) is 10.1. The van der Waals surface area contributed by atoms with E-state index in [1.54, 1.807) is 12.5 Å². The van der Waals surface area contributed by atoms with E-state index in [2.05, 4.69) is 5.32 Å². The Hall–Kier alpha value is -2.27. The van der Waals surface area contributed by atoms with Gasteiger partial charge in [-0.3, -0.25) is 4.79 Å². The molecule has 0 radical (unpaired) electrons. The van der Waals surface area contributed by atoms with Gasteiger partial charge in [-0.1, -0.05) is 18.2 Å². The van der Waals surface area contributed by atoms with Crippen molar-refractivity contribution in [2.45, 2.75) is 6.54 Å². The lowest BCUT2D eigenvalue weighted by molar-refractivity contribution is 0.0956. The van der Waals surface area contributed by atoms with E-state index in [-0.39, 0.29) is 5.91 Å². The molecule has 4 nitrogen and oxygen atoms in total. The third-order valence-electron chi connectivity index (χ3n) is 2.87. The first kappa shape index (κ1) is 11.8. The first-order valence-corrected chi connectivity index (χ1v) is 6.63. The summed E-state index contributed by atoms with van der Waals surface area (Å²) in [5.41, 5.74) is 7.49. The van der Waals surface area contributed by atoms with E-state index >= 15 is 0 Å². The number of anilines is 1. The normalized spacial score (nSPS) is 10.7. The maximum absolute atomic E-state index is 12.1. The van der Waals surface area contributed by atoms with Crippen LogP contribution in [0.5, 0.6) is 0 Å². The largest absolute Gasteiger partial charge is 0.472 e. The number of carbonyl (C=O) groups is 1. The number of amides is 1. The molecule has 0 atom stereocenters. The molecule has 3 rings (SSSR count). The molecular weight excluding hydrogens is 260 g/mol. The molecule has 0 bridgehead atoms. The SMILES string of the molecule is Nc1c(C(=O)NCc2ccoc2)sc2ccccc12. The van der Waals surface area contributed by atoms with Gasteiger partial charge in [0.25, 0.3) is 5.91 Å². The number of hydrogen-bond donors (Lipinski definition) is 2. The standard InChI is InChI=1S/C14H12N2O2S/c15-12-10-3-1-2-4-11(10)19-13(12)14(17)16-7-9-5-6-18-8-9/h1-6,8H,7,15H2,(H,16,17). The highest BCUT2D eigenvalue weighted by Crippen LogP contribution is 2.33. The van der Waals surface area contributed by atoms with Crippen LogP contribution in [0.25, 0.3) is 10.1 Å². The molecule has 0 fully saturated rings. The molecule has 0 saturated heterocycles. The van der Waals surface area contributed by atoms with Gasteiger partial charge < -0.3 is 15.5 Å². The molecule has 2 aromatic heterocycles. The van der Waals surface area contributed by atoms with Crippen LogP contribution in [0.15, 0.2) is 47.3 Å². The molecule has 0 aliphatic rings. The van der Waals surface area contributed by atoms with Crippen LogP contribution in [-0.2, 0) is 6.54 Å². The van der Waals surface area contributed by atoms with Crippen molar-refractivity contribution in [2.75, 3.05) is 5.73 Å². The van der Waals surface area contributed by atoms with Gasteiger partial charge in [0.1, 0.15) is 4.88 Å². The van der Waals surface area contributed by atoms with Crippen molar-refractivity contribution in [1.29, 1.82) is 0 Å². The Labute approximate surface area is 113 Å². The minimum Gasteiger partial charge on any atom is -0.472 e. The van der Waals surface area contributed by atoms with Crippen LogP contribution in [0.3, 0.4) is 0 Å². The second-order valence-corrected chi connectivity index (χ2v) is 5.21. The maximum Gasteiger partial charge on any atom is 0.263 e. The van der Waals surface area contributed by atoms with Gasteiger partial charge in [-0.2, -0.15) is 0 Å². The molecule has 96 valence electrons. The van der Waals surface area contributed by atoms with E-state index in [4.69, 9.17) is 10.2 Å². The van der Waals surface area contributed by atoms with Crippen LogP contribution in [0.2, 0.25) is 0 Å². The van der Waals surface area contributed by atoms with Crippen LogP contribution in [0.4, 0.5) is 5.69 Å². The second kappa shape index (κ2) is 4.78. The molecule has 0 aliphatic carbocycles. The number of carbonyl (C=O) groups excluding carboxylic acids is 1. The number of nitrogen functional groups attached to an aromatic ring is 1. The van der Waals surface area contributed by atoms with E-state index in [9.17, 15) is 4.79 Å². The second-order valence-electron chi connectivity index (χ2n) is 4.16. The lowest BCUT2D eigenvalue weighted by atomic mass is 10.2. The fourth-order valence-electron chi connectivity index (χ4n) is 1.89. The summed E-state index contributed by atoms with van der Waals surface area (Å²) in [4.78, 5) is 12.7. The Morgan fingerprint density at radius 2 is 2.16 bits per heavy atom. The number of benzene rings is 1. The number of furan rings is 1. The van der Waals surface area contributed by atoms with Crippen LogP contribution in [0.1, 0.15) is 15.2 Å². The van der Waals surface area contributed by atoms with Gasteiger partial charge in [0.15, 0.2) is 0 Å². The number of nitrogens with two attached hydrogens (primary N) is 1. The topological polar surface area (TPSA) is 68.3 Å². The smallest absolute Gasteiger partial charge is 0.263 e. The lowest BCUT2D eigenvalue weighted by Gasteiger charge is -2.02. The molecule has 0 spiro atoms. The number of hydrogen-bond acceptors (Lipinski definition) is 4. The van der Waals surface area contributed by atoms with Gasteiger partial charge in [0.05, 0.1) is 18.2 Å². The van der Waals surface area contributed by atoms with Crippen molar-refractivity contribution in [3.8, 4) is 0 Å². The van der Waals surface area contributed by atoms with Crippen LogP contribution >= 0.6 is 11.3 Å². The van der Waals surface area contributed by atoms with Gasteiger partial charge in [0.2, 0.25) is 0 Å². The molecule has 3 N–H and O–H groups in total. The number of thiophene rings is 1. The molecule has 0 saturated carbocycles. The van der Waals surface area contributed by atoms with Crippen molar-refractivity contribution in [1.82, 2.24) is 5.32 Å². The fraction of sp³-hybridized carbons (Fsp3) is 0.0714. The van der Waals surface area contributed by atoms with Gasteiger partial charge in [-0.15, -0.1) is 11.3 Å². The van der Waals surface area contributed by atoms with Crippen LogP contribution < -0.4 is 11.1 Å². The van der Waals surface area contributed by atoms with Crippen molar-refractivity contribution in [3.63, 3.8) is 0 Å². The summed E-state index contributed by atoms with van der Waals surface area (Å²) in [6, 6.07) is 9.55. The Morgan fingerprint density at radius 3 is 2.89 bits per heavy atom. The summed E-state index contributed by atoms with van der Waals surface area (Å²) in [6.07, 6.45) is 3.18. The first-order chi connectivity index (χ1) is 9.25. The van der Waals surface area contributed by atoms with Crippen molar-refractivity contribution in [2.24, 2.45) is 0 Å². The number of nitrogens with one attached hydrogen (secondary N) is 1. The molecule has 0 unspecified atom stereocenters. The molecule has 3 aromatic rings. The average molecular weight is 272 g/mol. The van der Waals surface area contributed by atoms with E-state index in [1.165, 1.54) is 11.3 Å². The molecular formula is C14H12N2O2S. The zero-order chi connectivity index (χ0) is 13.2. The van der Waals surface area contributed by atoms with Crippen LogP contribution in [0, 0.1) is 0 Å². The molecule has 1 amide bonds. The lowest BCUT2D eigenvalue weighted by Crippen LogP contribution is -2.22. The molecule has 19 heavy (non-hydrogen) atoms. The minimum absolute atomic E-state index is 0.153. The van der Waals surface area contributed by atoms with Gasteiger partial charge in [0, 0.05) is 22.2 Å². The quantitative estimate of drug-likeness (QED) is 0.770. The maximum atomic E-state index is 12.1. The Balaban J connectivity index is 1.83.